The molecule has 2 aliphatic rings. The highest BCUT2D eigenvalue weighted by atomic mass is 16.6. The molecule has 3 rings (SSSR count). The van der Waals surface area contributed by atoms with Crippen molar-refractivity contribution in [3.63, 3.8) is 0 Å². The fourth-order valence-electron chi connectivity index (χ4n) is 2.48. The zero-order valence-corrected chi connectivity index (χ0v) is 9.63. The number of fused-ring (bicyclic) bond motifs is 1. The Balaban J connectivity index is 1.51. The van der Waals surface area contributed by atoms with E-state index < -0.39 is 0 Å². The van der Waals surface area contributed by atoms with Crippen LogP contribution in [-0.2, 0) is 11.3 Å². The van der Waals surface area contributed by atoms with Crippen LogP contribution in [0, 0.1) is 5.92 Å². The lowest BCUT2D eigenvalue weighted by Gasteiger charge is -2.18. The highest BCUT2D eigenvalue weighted by Crippen LogP contribution is 2.47. The Labute approximate surface area is 100 Å². The van der Waals surface area contributed by atoms with E-state index in [1.807, 2.05) is 30.3 Å². The van der Waals surface area contributed by atoms with Gasteiger partial charge in [-0.15, -0.1) is 0 Å². The summed E-state index contributed by atoms with van der Waals surface area (Å²) in [6.45, 7) is 1.73. The maximum absolute atomic E-state index is 11.8. The Morgan fingerprint density at radius 3 is 2.88 bits per heavy atom. The van der Waals surface area contributed by atoms with E-state index in [4.69, 9.17) is 10.5 Å². The van der Waals surface area contributed by atoms with Gasteiger partial charge in [-0.2, -0.15) is 0 Å². The van der Waals surface area contributed by atoms with E-state index in [-0.39, 0.29) is 11.6 Å². The molecule has 1 aromatic carbocycles. The van der Waals surface area contributed by atoms with Crippen LogP contribution in [0.1, 0.15) is 12.0 Å². The van der Waals surface area contributed by atoms with Crippen LogP contribution in [-0.4, -0.2) is 29.6 Å². The van der Waals surface area contributed by atoms with Gasteiger partial charge in [-0.25, -0.2) is 4.79 Å². The van der Waals surface area contributed by atoms with Gasteiger partial charge in [0.25, 0.3) is 0 Å². The summed E-state index contributed by atoms with van der Waals surface area (Å²) in [5.41, 5.74) is 6.94. The summed E-state index contributed by atoms with van der Waals surface area (Å²) < 4.78 is 5.26. The van der Waals surface area contributed by atoms with Crippen LogP contribution < -0.4 is 5.73 Å². The van der Waals surface area contributed by atoms with Crippen LogP contribution in [0.25, 0.3) is 0 Å². The number of hydrogen-bond acceptors (Lipinski definition) is 3. The number of likely N-dealkylation sites (tertiary alicyclic amines) is 1. The number of benzene rings is 1. The van der Waals surface area contributed by atoms with Crippen molar-refractivity contribution in [2.75, 3.05) is 13.1 Å². The molecule has 17 heavy (non-hydrogen) atoms. The lowest BCUT2D eigenvalue weighted by Crippen LogP contribution is -2.37. The van der Waals surface area contributed by atoms with Crippen molar-refractivity contribution in [2.45, 2.75) is 18.6 Å². The minimum Gasteiger partial charge on any atom is -0.445 e. The van der Waals surface area contributed by atoms with Crippen LogP contribution in [0.2, 0.25) is 0 Å². The van der Waals surface area contributed by atoms with Crippen LogP contribution in [0.15, 0.2) is 30.3 Å². The summed E-state index contributed by atoms with van der Waals surface area (Å²) in [5.74, 6) is 0.492. The molecule has 1 saturated heterocycles. The monoisotopic (exact) mass is 232 g/mol. The van der Waals surface area contributed by atoms with E-state index in [0.717, 1.165) is 18.5 Å². The third-order valence-electron chi connectivity index (χ3n) is 3.67. The van der Waals surface area contributed by atoms with Crippen molar-refractivity contribution in [3.8, 4) is 0 Å². The molecular weight excluding hydrogens is 216 g/mol. The Hall–Kier alpha value is -1.55. The lowest BCUT2D eigenvalue weighted by atomic mass is 10.2. The standard InChI is InChI=1S/C13H16N2O2/c14-13-6-11(13)7-15(9-13)12(16)17-8-10-4-2-1-3-5-10/h1-5,11H,6-9,14H2/t11-,13-/m0/s1. The first-order valence-corrected chi connectivity index (χ1v) is 5.92. The molecule has 2 atom stereocenters. The third kappa shape index (κ3) is 2.00. The van der Waals surface area contributed by atoms with Crippen LogP contribution in [0.3, 0.4) is 0 Å². The molecule has 1 aliphatic heterocycles. The number of amides is 1. The first-order chi connectivity index (χ1) is 8.17. The van der Waals surface area contributed by atoms with Crippen molar-refractivity contribution < 1.29 is 9.53 Å². The van der Waals surface area contributed by atoms with Gasteiger partial charge < -0.3 is 15.4 Å². The molecule has 1 saturated carbocycles. The normalized spacial score (nSPS) is 29.9. The minimum atomic E-state index is -0.245. The quantitative estimate of drug-likeness (QED) is 0.837. The van der Waals surface area contributed by atoms with Crippen LogP contribution >= 0.6 is 0 Å². The molecule has 0 radical (unpaired) electrons. The number of nitrogens with zero attached hydrogens (tertiary/aromatic N) is 1. The molecule has 0 unspecified atom stereocenters. The Kier molecular flexibility index (Phi) is 2.33. The molecular formula is C13H16N2O2. The summed E-state index contributed by atoms with van der Waals surface area (Å²) in [6.07, 6.45) is 0.806. The third-order valence-corrected chi connectivity index (χ3v) is 3.67. The summed E-state index contributed by atoms with van der Waals surface area (Å²) >= 11 is 0. The first kappa shape index (κ1) is 10.6. The Morgan fingerprint density at radius 2 is 2.24 bits per heavy atom. The molecule has 1 aromatic rings. The summed E-state index contributed by atoms with van der Waals surface area (Å²) in [6, 6.07) is 9.70. The number of nitrogens with two attached hydrogens (primary N) is 1. The van der Waals surface area contributed by atoms with Gasteiger partial charge in [-0.3, -0.25) is 0 Å². The van der Waals surface area contributed by atoms with Gasteiger partial charge >= 0.3 is 6.09 Å². The number of hydrogen-bond donors (Lipinski definition) is 1. The van der Waals surface area contributed by atoms with Crippen molar-refractivity contribution in [1.82, 2.24) is 4.90 Å². The molecule has 0 aromatic heterocycles. The highest BCUT2D eigenvalue weighted by Gasteiger charge is 2.58. The van der Waals surface area contributed by atoms with E-state index in [1.165, 1.54) is 0 Å². The zero-order chi connectivity index (χ0) is 11.9. The topological polar surface area (TPSA) is 55.6 Å². The molecule has 0 spiro atoms. The molecule has 4 heteroatoms. The second-order valence-electron chi connectivity index (χ2n) is 5.05. The molecule has 1 aliphatic carbocycles. The van der Waals surface area contributed by atoms with Crippen LogP contribution in [0.4, 0.5) is 4.79 Å². The van der Waals surface area contributed by atoms with Crippen molar-refractivity contribution in [2.24, 2.45) is 11.7 Å². The lowest BCUT2D eigenvalue weighted by molar-refractivity contribution is 0.0998. The summed E-state index contributed by atoms with van der Waals surface area (Å²) in [4.78, 5) is 13.5. The first-order valence-electron chi connectivity index (χ1n) is 5.92. The SMILES string of the molecule is N[C@]12C[C@H]1CN(C(=O)OCc1ccccc1)C2. The second-order valence-corrected chi connectivity index (χ2v) is 5.05. The van der Waals surface area contributed by atoms with Crippen molar-refractivity contribution in [1.29, 1.82) is 0 Å². The Morgan fingerprint density at radius 1 is 1.47 bits per heavy atom. The number of rotatable bonds is 2. The highest BCUT2D eigenvalue weighted by molar-refractivity contribution is 5.69. The van der Waals surface area contributed by atoms with Crippen LogP contribution in [0.5, 0.6) is 0 Å². The largest absolute Gasteiger partial charge is 0.445 e. The van der Waals surface area contributed by atoms with E-state index in [2.05, 4.69) is 0 Å². The predicted octanol–water partition coefficient (Wildman–Crippen LogP) is 1.36. The zero-order valence-electron chi connectivity index (χ0n) is 9.63. The van der Waals surface area contributed by atoms with E-state index in [1.54, 1.807) is 4.90 Å². The number of carbonyl (C=O) groups is 1. The van der Waals surface area contributed by atoms with E-state index in [9.17, 15) is 4.79 Å². The van der Waals surface area contributed by atoms with Gasteiger partial charge in [0, 0.05) is 18.6 Å². The number of piperidine rings is 1. The van der Waals surface area contributed by atoms with E-state index >= 15 is 0 Å². The summed E-state index contributed by atoms with van der Waals surface area (Å²) in [5, 5.41) is 0. The summed E-state index contributed by atoms with van der Waals surface area (Å²) in [7, 11) is 0. The van der Waals surface area contributed by atoms with Gasteiger partial charge in [-0.1, -0.05) is 30.3 Å². The average Bonchev–Trinajstić information content (AvgIpc) is 2.86. The van der Waals surface area contributed by atoms with Gasteiger partial charge in [0.1, 0.15) is 6.61 Å². The molecule has 0 bridgehead atoms. The van der Waals surface area contributed by atoms with Crippen molar-refractivity contribution >= 4 is 6.09 Å². The fraction of sp³-hybridized carbons (Fsp3) is 0.462. The van der Waals surface area contributed by atoms with Gasteiger partial charge in [-0.05, 0) is 17.9 Å². The van der Waals surface area contributed by atoms with Gasteiger partial charge in [0.15, 0.2) is 0 Å². The molecule has 4 nitrogen and oxygen atoms in total. The van der Waals surface area contributed by atoms with Gasteiger partial charge in [0.2, 0.25) is 0 Å². The molecule has 1 heterocycles. The number of carbonyl (C=O) groups excluding carboxylic acids is 1. The molecule has 2 N–H and O–H groups in total. The smallest absolute Gasteiger partial charge is 0.410 e. The van der Waals surface area contributed by atoms with E-state index in [0.29, 0.717) is 19.1 Å². The molecule has 90 valence electrons. The predicted molar refractivity (Wildman–Crippen MR) is 63.2 cm³/mol. The Bertz CT molecular complexity index is 434. The number of ether oxygens (including phenoxy) is 1. The second kappa shape index (κ2) is 3.74. The average molecular weight is 232 g/mol. The molecule has 1 amide bonds. The maximum Gasteiger partial charge on any atom is 0.410 e. The minimum absolute atomic E-state index is 0.105. The fourth-order valence-corrected chi connectivity index (χ4v) is 2.48. The molecule has 2 fully saturated rings. The van der Waals surface area contributed by atoms with Gasteiger partial charge in [0.05, 0.1) is 0 Å². The maximum atomic E-state index is 11.8. The van der Waals surface area contributed by atoms with Crippen molar-refractivity contribution in [3.05, 3.63) is 35.9 Å².